The van der Waals surface area contributed by atoms with Gasteiger partial charge in [-0.15, -0.1) is 0 Å². The van der Waals surface area contributed by atoms with Crippen molar-refractivity contribution in [3.05, 3.63) is 0 Å². The Kier molecular flexibility index (Phi) is 5.92. The van der Waals surface area contributed by atoms with E-state index in [-0.39, 0.29) is 11.8 Å². The van der Waals surface area contributed by atoms with E-state index < -0.39 is 6.10 Å². The lowest BCUT2D eigenvalue weighted by molar-refractivity contribution is -0.124. The molecule has 1 unspecified atom stereocenters. The number of aliphatic hydroxyl groups excluding tert-OH is 1. The number of rotatable bonds is 5. The molecule has 0 bridgehead atoms. The van der Waals surface area contributed by atoms with E-state index in [9.17, 15) is 9.90 Å². The predicted octanol–water partition coefficient (Wildman–Crippen LogP) is 0.851. The summed E-state index contributed by atoms with van der Waals surface area (Å²) in [6.45, 7) is 9.15. The lowest BCUT2D eigenvalue weighted by Gasteiger charge is -2.31. The number of amides is 1. The molecule has 0 aromatic carbocycles. The highest BCUT2D eigenvalue weighted by molar-refractivity contribution is 5.77. The summed E-state index contributed by atoms with van der Waals surface area (Å²) in [5, 5.41) is 12.6. The van der Waals surface area contributed by atoms with Gasteiger partial charge in [-0.05, 0) is 31.8 Å². The van der Waals surface area contributed by atoms with Gasteiger partial charge in [-0.3, -0.25) is 4.79 Å². The molecule has 0 radical (unpaired) electrons. The number of aliphatic hydroxyl groups is 1. The Hall–Kier alpha value is -0.610. The first-order valence-electron chi connectivity index (χ1n) is 6.67. The zero-order chi connectivity index (χ0) is 12.8. The van der Waals surface area contributed by atoms with E-state index in [0.717, 1.165) is 19.0 Å². The summed E-state index contributed by atoms with van der Waals surface area (Å²) in [5.41, 5.74) is 0. The third-order valence-electron chi connectivity index (χ3n) is 3.38. The molecule has 0 aliphatic carbocycles. The normalized spacial score (nSPS) is 20.5. The van der Waals surface area contributed by atoms with Crippen LogP contribution in [0.5, 0.6) is 0 Å². The molecule has 1 aliphatic heterocycles. The Morgan fingerprint density at radius 1 is 1.41 bits per heavy atom. The molecular weight excluding hydrogens is 216 g/mol. The number of nitrogens with one attached hydrogen (secondary N) is 1. The van der Waals surface area contributed by atoms with Crippen LogP contribution in [0.15, 0.2) is 0 Å². The van der Waals surface area contributed by atoms with Crippen molar-refractivity contribution in [2.75, 3.05) is 26.2 Å². The van der Waals surface area contributed by atoms with Gasteiger partial charge in [0.15, 0.2) is 0 Å². The minimum absolute atomic E-state index is 0.0105. The lowest BCUT2D eigenvalue weighted by atomic mass is 9.99. The fourth-order valence-corrected chi connectivity index (χ4v) is 2.03. The molecule has 0 saturated carbocycles. The van der Waals surface area contributed by atoms with Crippen molar-refractivity contribution in [3.63, 3.8) is 0 Å². The van der Waals surface area contributed by atoms with Gasteiger partial charge >= 0.3 is 0 Å². The van der Waals surface area contributed by atoms with Crippen LogP contribution in [0.4, 0.5) is 0 Å². The second kappa shape index (κ2) is 6.97. The smallest absolute Gasteiger partial charge is 0.222 e. The maximum Gasteiger partial charge on any atom is 0.222 e. The SMILES string of the molecule is CC1CCN(CC(O)CNC(=O)C(C)C)CC1. The number of hydrogen-bond acceptors (Lipinski definition) is 3. The van der Waals surface area contributed by atoms with Gasteiger partial charge in [-0.1, -0.05) is 20.8 Å². The average molecular weight is 242 g/mol. The van der Waals surface area contributed by atoms with Crippen molar-refractivity contribution < 1.29 is 9.90 Å². The topological polar surface area (TPSA) is 52.6 Å². The van der Waals surface area contributed by atoms with Crippen molar-refractivity contribution in [2.45, 2.75) is 39.7 Å². The summed E-state index contributed by atoms with van der Waals surface area (Å²) in [7, 11) is 0. The second-order valence-electron chi connectivity index (χ2n) is 5.54. The second-order valence-corrected chi connectivity index (χ2v) is 5.54. The van der Waals surface area contributed by atoms with Crippen LogP contribution in [-0.4, -0.2) is 48.2 Å². The van der Waals surface area contributed by atoms with E-state index in [1.54, 1.807) is 0 Å². The van der Waals surface area contributed by atoms with Crippen LogP contribution >= 0.6 is 0 Å². The van der Waals surface area contributed by atoms with Gasteiger partial charge in [0, 0.05) is 19.0 Å². The first-order chi connectivity index (χ1) is 7.99. The van der Waals surface area contributed by atoms with Gasteiger partial charge in [0.25, 0.3) is 0 Å². The van der Waals surface area contributed by atoms with E-state index in [2.05, 4.69) is 17.1 Å². The third kappa shape index (κ3) is 5.50. The Bertz CT molecular complexity index is 236. The molecule has 0 spiro atoms. The monoisotopic (exact) mass is 242 g/mol. The van der Waals surface area contributed by atoms with Crippen molar-refractivity contribution in [3.8, 4) is 0 Å². The first kappa shape index (κ1) is 14.5. The van der Waals surface area contributed by atoms with E-state index in [1.807, 2.05) is 13.8 Å². The van der Waals surface area contributed by atoms with E-state index in [1.165, 1.54) is 12.8 Å². The van der Waals surface area contributed by atoms with Crippen LogP contribution < -0.4 is 5.32 Å². The third-order valence-corrected chi connectivity index (χ3v) is 3.38. The van der Waals surface area contributed by atoms with E-state index in [0.29, 0.717) is 13.1 Å². The first-order valence-corrected chi connectivity index (χ1v) is 6.67. The molecule has 1 amide bonds. The molecule has 4 heteroatoms. The summed E-state index contributed by atoms with van der Waals surface area (Å²) in [6, 6.07) is 0. The van der Waals surface area contributed by atoms with Crippen LogP contribution in [-0.2, 0) is 4.79 Å². The molecule has 1 rings (SSSR count). The minimum Gasteiger partial charge on any atom is -0.390 e. The summed E-state index contributed by atoms with van der Waals surface area (Å²) in [6.07, 6.45) is 1.97. The summed E-state index contributed by atoms with van der Waals surface area (Å²) >= 11 is 0. The maximum absolute atomic E-state index is 11.3. The maximum atomic E-state index is 11.3. The standard InChI is InChI=1S/C13H26N2O2/c1-10(2)13(17)14-8-12(16)9-15-6-4-11(3)5-7-15/h10-12,16H,4-9H2,1-3H3,(H,14,17). The van der Waals surface area contributed by atoms with Gasteiger partial charge < -0.3 is 15.3 Å². The molecule has 0 aromatic rings. The molecule has 1 atom stereocenters. The molecule has 2 N–H and O–H groups in total. The molecule has 1 heterocycles. The van der Waals surface area contributed by atoms with Crippen LogP contribution in [0.2, 0.25) is 0 Å². The number of hydrogen-bond donors (Lipinski definition) is 2. The lowest BCUT2D eigenvalue weighted by Crippen LogP contribution is -2.43. The number of piperidine rings is 1. The zero-order valence-electron chi connectivity index (χ0n) is 11.3. The van der Waals surface area contributed by atoms with Gasteiger partial charge in [0.2, 0.25) is 5.91 Å². The number of carbonyl (C=O) groups excluding carboxylic acids is 1. The molecule has 0 aromatic heterocycles. The highest BCUT2D eigenvalue weighted by Crippen LogP contribution is 2.15. The fraction of sp³-hybridized carbons (Fsp3) is 0.923. The highest BCUT2D eigenvalue weighted by atomic mass is 16.3. The van der Waals surface area contributed by atoms with Crippen molar-refractivity contribution in [2.24, 2.45) is 11.8 Å². The Morgan fingerprint density at radius 2 is 2.00 bits per heavy atom. The summed E-state index contributed by atoms with van der Waals surface area (Å²) in [4.78, 5) is 13.6. The quantitative estimate of drug-likeness (QED) is 0.751. The number of β-amino-alcohol motifs (C(OH)–C–C–N with tert-alkyl or cyclic N) is 1. The van der Waals surface area contributed by atoms with E-state index >= 15 is 0 Å². The van der Waals surface area contributed by atoms with Crippen LogP contribution in [0, 0.1) is 11.8 Å². The van der Waals surface area contributed by atoms with Crippen LogP contribution in [0.1, 0.15) is 33.6 Å². The predicted molar refractivity (Wildman–Crippen MR) is 68.7 cm³/mol. The molecule has 1 aliphatic rings. The van der Waals surface area contributed by atoms with Gasteiger partial charge in [-0.25, -0.2) is 0 Å². The summed E-state index contributed by atoms with van der Waals surface area (Å²) < 4.78 is 0. The van der Waals surface area contributed by atoms with Gasteiger partial charge in [-0.2, -0.15) is 0 Å². The van der Waals surface area contributed by atoms with Crippen molar-refractivity contribution in [1.29, 1.82) is 0 Å². The molecule has 1 fully saturated rings. The molecule has 1 saturated heterocycles. The number of carbonyl (C=O) groups is 1. The van der Waals surface area contributed by atoms with Gasteiger partial charge in [0.05, 0.1) is 6.10 Å². The molecule has 4 nitrogen and oxygen atoms in total. The van der Waals surface area contributed by atoms with Crippen LogP contribution in [0.3, 0.4) is 0 Å². The largest absolute Gasteiger partial charge is 0.390 e. The van der Waals surface area contributed by atoms with Gasteiger partial charge in [0.1, 0.15) is 0 Å². The average Bonchev–Trinajstić information content (AvgIpc) is 2.29. The Morgan fingerprint density at radius 3 is 2.53 bits per heavy atom. The van der Waals surface area contributed by atoms with Crippen molar-refractivity contribution in [1.82, 2.24) is 10.2 Å². The Balaban J connectivity index is 2.16. The molecule has 100 valence electrons. The molecule has 17 heavy (non-hydrogen) atoms. The Labute approximate surface area is 104 Å². The molecular formula is C13H26N2O2. The highest BCUT2D eigenvalue weighted by Gasteiger charge is 2.18. The number of likely N-dealkylation sites (tertiary alicyclic amines) is 1. The van der Waals surface area contributed by atoms with E-state index in [4.69, 9.17) is 0 Å². The minimum atomic E-state index is -0.453. The number of nitrogens with zero attached hydrogens (tertiary/aromatic N) is 1. The summed E-state index contributed by atoms with van der Waals surface area (Å²) in [5.74, 6) is 0.804. The fourth-order valence-electron chi connectivity index (χ4n) is 2.03. The van der Waals surface area contributed by atoms with Crippen molar-refractivity contribution >= 4 is 5.91 Å². The zero-order valence-corrected chi connectivity index (χ0v) is 11.3. The van der Waals surface area contributed by atoms with Crippen LogP contribution in [0.25, 0.3) is 0 Å².